The minimum Gasteiger partial charge on any atom is -0.347 e. The summed E-state index contributed by atoms with van der Waals surface area (Å²) in [5.41, 5.74) is 3.03. The first-order chi connectivity index (χ1) is 14.4. The second-order valence-electron chi connectivity index (χ2n) is 8.27. The molecule has 158 valence electrons. The standard InChI is InChI=1S/C23H28N4O2S/c1-15-19-22(25-18-7-5-4-6-12-27(18)23(19)29)30-20(15)21(28)24-13-16-8-10-17(11-9-16)14-26(2)3/h8-11H,4-7,12-14H2,1-3H3,(H,24,28). The van der Waals surface area contributed by atoms with E-state index in [1.807, 2.05) is 37.7 Å². The van der Waals surface area contributed by atoms with Gasteiger partial charge in [-0.3, -0.25) is 14.2 Å². The van der Waals surface area contributed by atoms with E-state index in [1.165, 1.54) is 16.9 Å². The molecule has 0 saturated heterocycles. The molecule has 0 aliphatic carbocycles. The summed E-state index contributed by atoms with van der Waals surface area (Å²) in [6, 6.07) is 8.26. The highest BCUT2D eigenvalue weighted by atomic mass is 32.1. The van der Waals surface area contributed by atoms with Gasteiger partial charge in [-0.15, -0.1) is 11.3 Å². The highest BCUT2D eigenvalue weighted by Crippen LogP contribution is 2.28. The quantitative estimate of drug-likeness (QED) is 0.681. The first kappa shape index (κ1) is 20.8. The molecule has 1 aliphatic rings. The van der Waals surface area contributed by atoms with Crippen LogP contribution in [0.1, 0.15) is 51.4 Å². The Balaban J connectivity index is 1.54. The topological polar surface area (TPSA) is 67.2 Å². The van der Waals surface area contributed by atoms with Crippen molar-refractivity contribution in [3.8, 4) is 0 Å². The van der Waals surface area contributed by atoms with Crippen LogP contribution in [0.2, 0.25) is 0 Å². The Morgan fingerprint density at radius 3 is 2.63 bits per heavy atom. The maximum Gasteiger partial charge on any atom is 0.262 e. The number of thiophene rings is 1. The molecule has 3 heterocycles. The Kier molecular flexibility index (Phi) is 6.01. The van der Waals surface area contributed by atoms with E-state index in [0.29, 0.717) is 21.6 Å². The van der Waals surface area contributed by atoms with Gasteiger partial charge >= 0.3 is 0 Å². The van der Waals surface area contributed by atoms with Gasteiger partial charge in [-0.1, -0.05) is 30.7 Å². The zero-order valence-electron chi connectivity index (χ0n) is 17.8. The first-order valence-electron chi connectivity index (χ1n) is 10.5. The molecule has 1 N–H and O–H groups in total. The molecule has 0 spiro atoms. The van der Waals surface area contributed by atoms with Crippen LogP contribution < -0.4 is 10.9 Å². The third kappa shape index (κ3) is 4.18. The monoisotopic (exact) mass is 424 g/mol. The van der Waals surface area contributed by atoms with E-state index in [0.717, 1.165) is 55.7 Å². The third-order valence-corrected chi connectivity index (χ3v) is 6.78. The van der Waals surface area contributed by atoms with Crippen molar-refractivity contribution in [2.75, 3.05) is 14.1 Å². The molecule has 2 aromatic heterocycles. The molecule has 0 bridgehead atoms. The molecule has 0 radical (unpaired) electrons. The van der Waals surface area contributed by atoms with Crippen molar-refractivity contribution in [1.82, 2.24) is 19.8 Å². The first-order valence-corrected chi connectivity index (χ1v) is 11.3. The van der Waals surface area contributed by atoms with Crippen LogP contribution in [0.15, 0.2) is 29.1 Å². The van der Waals surface area contributed by atoms with E-state index in [4.69, 9.17) is 4.98 Å². The molecule has 0 fully saturated rings. The van der Waals surface area contributed by atoms with Crippen LogP contribution in [0.25, 0.3) is 10.2 Å². The summed E-state index contributed by atoms with van der Waals surface area (Å²) >= 11 is 1.33. The van der Waals surface area contributed by atoms with E-state index < -0.39 is 0 Å². The number of aromatic nitrogens is 2. The Morgan fingerprint density at radius 2 is 1.90 bits per heavy atom. The lowest BCUT2D eigenvalue weighted by molar-refractivity contribution is 0.0954. The molecule has 4 rings (SSSR count). The molecule has 30 heavy (non-hydrogen) atoms. The number of fused-ring (bicyclic) bond motifs is 2. The number of nitrogens with zero attached hydrogens (tertiary/aromatic N) is 3. The van der Waals surface area contributed by atoms with Crippen LogP contribution in [-0.2, 0) is 26.1 Å². The largest absolute Gasteiger partial charge is 0.347 e. The van der Waals surface area contributed by atoms with Gasteiger partial charge in [0.1, 0.15) is 10.7 Å². The number of carbonyl (C=O) groups is 1. The number of hydrogen-bond donors (Lipinski definition) is 1. The van der Waals surface area contributed by atoms with Gasteiger partial charge in [-0.05, 0) is 50.6 Å². The van der Waals surface area contributed by atoms with Crippen molar-refractivity contribution in [2.24, 2.45) is 0 Å². The van der Waals surface area contributed by atoms with Crippen LogP contribution in [0.4, 0.5) is 0 Å². The van der Waals surface area contributed by atoms with Crippen molar-refractivity contribution in [2.45, 2.75) is 52.2 Å². The molecule has 1 amide bonds. The van der Waals surface area contributed by atoms with Gasteiger partial charge in [0.15, 0.2) is 0 Å². The minimum atomic E-state index is -0.146. The second kappa shape index (κ2) is 8.70. The zero-order chi connectivity index (χ0) is 21.3. The van der Waals surface area contributed by atoms with E-state index in [2.05, 4.69) is 22.3 Å². The maximum absolute atomic E-state index is 13.1. The number of benzene rings is 1. The van der Waals surface area contributed by atoms with Gasteiger partial charge < -0.3 is 10.2 Å². The number of rotatable bonds is 5. The number of amides is 1. The Hall–Kier alpha value is -2.51. The lowest BCUT2D eigenvalue weighted by atomic mass is 10.1. The van der Waals surface area contributed by atoms with E-state index >= 15 is 0 Å². The highest BCUT2D eigenvalue weighted by Gasteiger charge is 2.22. The minimum absolute atomic E-state index is 0.00109. The van der Waals surface area contributed by atoms with Crippen molar-refractivity contribution < 1.29 is 4.79 Å². The SMILES string of the molecule is Cc1c(C(=O)NCc2ccc(CN(C)C)cc2)sc2nc3n(c(=O)c12)CCCCC3. The van der Waals surface area contributed by atoms with Gasteiger partial charge in [-0.25, -0.2) is 4.98 Å². The van der Waals surface area contributed by atoms with Crippen molar-refractivity contribution in [1.29, 1.82) is 0 Å². The average Bonchev–Trinajstić information content (AvgIpc) is 2.88. The van der Waals surface area contributed by atoms with E-state index in [-0.39, 0.29) is 11.5 Å². The van der Waals surface area contributed by atoms with Gasteiger partial charge in [0.05, 0.1) is 10.3 Å². The Bertz CT molecular complexity index is 1130. The average molecular weight is 425 g/mol. The predicted molar refractivity (Wildman–Crippen MR) is 121 cm³/mol. The third-order valence-electron chi connectivity index (χ3n) is 5.59. The van der Waals surface area contributed by atoms with Crippen LogP contribution in [0.5, 0.6) is 0 Å². The van der Waals surface area contributed by atoms with Crippen molar-refractivity contribution in [3.05, 3.63) is 62.0 Å². The lowest BCUT2D eigenvalue weighted by Crippen LogP contribution is -2.25. The Labute approximate surface area is 180 Å². The molecule has 1 aromatic carbocycles. The molecule has 0 atom stereocenters. The summed E-state index contributed by atoms with van der Waals surface area (Å²) in [5, 5.41) is 3.60. The van der Waals surface area contributed by atoms with Crippen LogP contribution in [0.3, 0.4) is 0 Å². The number of hydrogen-bond acceptors (Lipinski definition) is 5. The van der Waals surface area contributed by atoms with Crippen LogP contribution in [-0.4, -0.2) is 34.5 Å². The van der Waals surface area contributed by atoms with Crippen molar-refractivity contribution >= 4 is 27.5 Å². The molecule has 1 aliphatic heterocycles. The Morgan fingerprint density at radius 1 is 1.17 bits per heavy atom. The normalized spacial score (nSPS) is 14.0. The number of nitrogens with one attached hydrogen (secondary N) is 1. The smallest absolute Gasteiger partial charge is 0.262 e. The lowest BCUT2D eigenvalue weighted by Gasteiger charge is -2.10. The summed E-state index contributed by atoms with van der Waals surface area (Å²) in [6.45, 7) is 3.92. The van der Waals surface area contributed by atoms with E-state index in [1.54, 1.807) is 0 Å². The number of aryl methyl sites for hydroxylation is 2. The summed E-state index contributed by atoms with van der Waals surface area (Å²) < 4.78 is 1.81. The highest BCUT2D eigenvalue weighted by molar-refractivity contribution is 7.20. The molecule has 7 heteroatoms. The second-order valence-corrected chi connectivity index (χ2v) is 9.27. The molecule has 0 unspecified atom stereocenters. The van der Waals surface area contributed by atoms with Gasteiger partial charge in [0.2, 0.25) is 0 Å². The molecule has 3 aromatic rings. The van der Waals surface area contributed by atoms with Crippen LogP contribution in [0, 0.1) is 6.92 Å². The fourth-order valence-corrected chi connectivity index (χ4v) is 5.12. The van der Waals surface area contributed by atoms with Crippen molar-refractivity contribution in [3.63, 3.8) is 0 Å². The molecule has 6 nitrogen and oxygen atoms in total. The summed E-state index contributed by atoms with van der Waals surface area (Å²) in [5.74, 6) is 0.712. The summed E-state index contributed by atoms with van der Waals surface area (Å²) in [7, 11) is 4.08. The molecular weight excluding hydrogens is 396 g/mol. The van der Waals surface area contributed by atoms with Crippen LogP contribution >= 0.6 is 11.3 Å². The maximum atomic E-state index is 13.1. The fraction of sp³-hybridized carbons (Fsp3) is 0.435. The number of carbonyl (C=O) groups excluding carboxylic acids is 1. The summed E-state index contributed by atoms with van der Waals surface area (Å²) in [6.07, 6.45) is 4.01. The summed E-state index contributed by atoms with van der Waals surface area (Å²) in [4.78, 5) is 34.1. The predicted octanol–water partition coefficient (Wildman–Crippen LogP) is 3.48. The zero-order valence-corrected chi connectivity index (χ0v) is 18.6. The van der Waals surface area contributed by atoms with Gasteiger partial charge in [0.25, 0.3) is 11.5 Å². The fourth-order valence-electron chi connectivity index (χ4n) is 4.02. The molecule has 0 saturated carbocycles. The van der Waals surface area contributed by atoms with Gasteiger partial charge in [0, 0.05) is 26.1 Å². The molecular formula is C23H28N4O2S. The van der Waals surface area contributed by atoms with Gasteiger partial charge in [-0.2, -0.15) is 0 Å². The van der Waals surface area contributed by atoms with E-state index in [9.17, 15) is 9.59 Å².